The Labute approximate surface area is 164 Å². The Kier molecular flexibility index (Phi) is 5.00. The number of benzene rings is 2. The quantitative estimate of drug-likeness (QED) is 0.529. The van der Waals surface area contributed by atoms with Crippen LogP contribution in [0.15, 0.2) is 42.6 Å². The second kappa shape index (κ2) is 7.60. The molecule has 7 heteroatoms. The summed E-state index contributed by atoms with van der Waals surface area (Å²) in [6, 6.07) is 11.0. The van der Waals surface area contributed by atoms with E-state index in [-0.39, 0.29) is 11.9 Å². The van der Waals surface area contributed by atoms with Crippen LogP contribution in [0.1, 0.15) is 12.0 Å². The average molecular weight is 375 g/mol. The molecule has 1 aromatic heterocycles. The highest BCUT2D eigenvalue weighted by Crippen LogP contribution is 2.35. The minimum Gasteiger partial charge on any atom is -0.384 e. The molecule has 0 amide bonds. The lowest BCUT2D eigenvalue weighted by Crippen LogP contribution is -2.29. The van der Waals surface area contributed by atoms with Gasteiger partial charge >= 0.3 is 0 Å². The number of nitrogens with one attached hydrogen (secondary N) is 1. The van der Waals surface area contributed by atoms with Crippen LogP contribution in [0.3, 0.4) is 0 Å². The molecule has 1 radical (unpaired) electrons. The monoisotopic (exact) mass is 375 g/mol. The fraction of sp³-hybridized carbons (Fsp3) is 0.238. The highest BCUT2D eigenvalue weighted by molar-refractivity contribution is 6.64. The number of carbonyl (C=O) groups excluding carboxylic acids is 1. The molecule has 0 saturated carbocycles. The van der Waals surface area contributed by atoms with Crippen LogP contribution < -0.4 is 11.1 Å². The van der Waals surface area contributed by atoms with Gasteiger partial charge in [-0.05, 0) is 55.3 Å². The van der Waals surface area contributed by atoms with Crippen molar-refractivity contribution in [1.29, 1.82) is 0 Å². The van der Waals surface area contributed by atoms with E-state index in [1.807, 2.05) is 36.0 Å². The second-order valence-corrected chi connectivity index (χ2v) is 7.20. The summed E-state index contributed by atoms with van der Waals surface area (Å²) in [5, 5.41) is 5.41. The van der Waals surface area contributed by atoms with Crippen molar-refractivity contribution >= 4 is 35.9 Å². The zero-order chi connectivity index (χ0) is 19.7. The summed E-state index contributed by atoms with van der Waals surface area (Å²) in [4.78, 5) is 16.9. The van der Waals surface area contributed by atoms with Crippen LogP contribution in [0.25, 0.3) is 21.9 Å². The Morgan fingerprint density at radius 3 is 3.00 bits per heavy atom. The Balaban J connectivity index is 1.78. The summed E-state index contributed by atoms with van der Waals surface area (Å²) in [6.07, 6.45) is 3.44. The maximum Gasteiger partial charge on any atom is 0.293 e. The number of rotatable bonds is 5. The highest BCUT2D eigenvalue weighted by atomic mass is 19.1. The van der Waals surface area contributed by atoms with Gasteiger partial charge in [-0.15, -0.1) is 0 Å². The zero-order valence-corrected chi connectivity index (χ0v) is 15.7. The Hall–Kier alpha value is -2.93. The Morgan fingerprint density at radius 2 is 2.21 bits per heavy atom. The van der Waals surface area contributed by atoms with Crippen molar-refractivity contribution in [3.8, 4) is 11.1 Å². The molecule has 28 heavy (non-hydrogen) atoms. The molecule has 5 nitrogen and oxygen atoms in total. The molecule has 141 valence electrons. The van der Waals surface area contributed by atoms with Gasteiger partial charge in [-0.1, -0.05) is 12.1 Å². The number of fused-ring (bicyclic) bond motifs is 1. The summed E-state index contributed by atoms with van der Waals surface area (Å²) in [5.41, 5.74) is 9.06. The van der Waals surface area contributed by atoms with E-state index in [2.05, 4.69) is 10.3 Å². The Bertz CT molecular complexity index is 1020. The van der Waals surface area contributed by atoms with Gasteiger partial charge in [-0.25, -0.2) is 9.37 Å². The van der Waals surface area contributed by atoms with Gasteiger partial charge in [-0.3, -0.25) is 0 Å². The fourth-order valence-corrected chi connectivity index (χ4v) is 3.88. The van der Waals surface area contributed by atoms with Gasteiger partial charge in [0, 0.05) is 40.8 Å². The largest absolute Gasteiger partial charge is 0.384 e. The van der Waals surface area contributed by atoms with E-state index in [0.717, 1.165) is 53.3 Å². The SMILES string of the molecule is Cc1cccc(F)c1-c1cc(N[C@@H]2CCN([B]C=O)C2)c2cc(N)ncc2c1. The number of anilines is 2. The first-order chi connectivity index (χ1) is 13.5. The molecule has 2 heterocycles. The molecule has 0 unspecified atom stereocenters. The number of hydrogen-bond donors (Lipinski definition) is 2. The fourth-order valence-electron chi connectivity index (χ4n) is 3.88. The van der Waals surface area contributed by atoms with Crippen LogP contribution in [-0.4, -0.2) is 42.5 Å². The first-order valence-corrected chi connectivity index (χ1v) is 9.29. The van der Waals surface area contributed by atoms with Gasteiger partial charge in [0.1, 0.15) is 11.6 Å². The molecule has 1 saturated heterocycles. The summed E-state index contributed by atoms with van der Waals surface area (Å²) in [7, 11) is 1.57. The van der Waals surface area contributed by atoms with Gasteiger partial charge < -0.3 is 20.7 Å². The van der Waals surface area contributed by atoms with E-state index in [0.29, 0.717) is 11.4 Å². The minimum atomic E-state index is -0.249. The standard InChI is InChI=1S/C21H21BFN4O/c1-13-3-2-4-18(23)21(13)14-7-15-10-25-20(24)9-17(15)19(8-14)26-16-5-6-27(11-16)22-12-28/h2-4,7-10,12,16,26H,5-6,11H2,1H3,(H2,24,25)/t16-/m1/s1. The molecule has 0 bridgehead atoms. The van der Waals surface area contributed by atoms with Gasteiger partial charge in [0.05, 0.1) is 6.19 Å². The highest BCUT2D eigenvalue weighted by Gasteiger charge is 2.23. The molecule has 0 aliphatic carbocycles. The predicted molar refractivity (Wildman–Crippen MR) is 112 cm³/mol. The number of pyridine rings is 1. The van der Waals surface area contributed by atoms with Crippen LogP contribution in [-0.2, 0) is 4.79 Å². The van der Waals surface area contributed by atoms with Gasteiger partial charge in [-0.2, -0.15) is 0 Å². The number of aryl methyl sites for hydroxylation is 1. The van der Waals surface area contributed by atoms with Crippen molar-refractivity contribution in [1.82, 2.24) is 9.79 Å². The second-order valence-electron chi connectivity index (χ2n) is 7.20. The lowest BCUT2D eigenvalue weighted by Gasteiger charge is -2.19. The van der Waals surface area contributed by atoms with Crippen molar-refractivity contribution in [2.24, 2.45) is 0 Å². The molecular formula is C21H21BFN4O. The van der Waals surface area contributed by atoms with E-state index < -0.39 is 0 Å². The molecular weight excluding hydrogens is 354 g/mol. The first-order valence-electron chi connectivity index (χ1n) is 9.29. The molecule has 1 aliphatic heterocycles. The lowest BCUT2D eigenvalue weighted by molar-refractivity contribution is 0.536. The van der Waals surface area contributed by atoms with E-state index in [9.17, 15) is 9.18 Å². The van der Waals surface area contributed by atoms with Gasteiger partial charge in [0.2, 0.25) is 0 Å². The predicted octanol–water partition coefficient (Wildman–Crippen LogP) is 3.23. The minimum absolute atomic E-state index is 0.186. The molecule has 1 atom stereocenters. The molecule has 1 aliphatic rings. The number of carbonyl (C=O) groups is 1. The van der Waals surface area contributed by atoms with E-state index in [1.54, 1.807) is 19.7 Å². The lowest BCUT2D eigenvalue weighted by atomic mass is 9.95. The molecule has 2 aromatic carbocycles. The zero-order valence-electron chi connectivity index (χ0n) is 15.7. The topological polar surface area (TPSA) is 71.2 Å². The van der Waals surface area contributed by atoms with Crippen LogP contribution in [0.2, 0.25) is 0 Å². The molecule has 3 N–H and O–H groups in total. The van der Waals surface area contributed by atoms with Crippen LogP contribution in [0, 0.1) is 12.7 Å². The van der Waals surface area contributed by atoms with Crippen molar-refractivity contribution in [2.75, 3.05) is 24.1 Å². The molecule has 3 aromatic rings. The number of aromatic nitrogens is 1. The van der Waals surface area contributed by atoms with Crippen molar-refractivity contribution in [2.45, 2.75) is 19.4 Å². The smallest absolute Gasteiger partial charge is 0.293 e. The van der Waals surface area contributed by atoms with Gasteiger partial charge in [0.25, 0.3) is 7.41 Å². The number of halogens is 1. The molecule has 0 spiro atoms. The molecule has 4 rings (SSSR count). The first kappa shape index (κ1) is 18.4. The number of nitrogens with zero attached hydrogens (tertiary/aromatic N) is 2. The maximum atomic E-state index is 14.6. The summed E-state index contributed by atoms with van der Waals surface area (Å²) >= 11 is 0. The van der Waals surface area contributed by atoms with Crippen molar-refractivity contribution in [3.05, 3.63) is 54.0 Å². The van der Waals surface area contributed by atoms with Crippen LogP contribution >= 0.6 is 0 Å². The maximum absolute atomic E-state index is 14.6. The third kappa shape index (κ3) is 3.58. The number of nitrogens with two attached hydrogens (primary N) is 1. The molecule has 1 fully saturated rings. The number of hydrogen-bond acceptors (Lipinski definition) is 5. The average Bonchev–Trinajstić information content (AvgIpc) is 3.09. The summed E-state index contributed by atoms with van der Waals surface area (Å²) < 4.78 is 14.6. The summed E-state index contributed by atoms with van der Waals surface area (Å²) in [5.74, 6) is 0.189. The van der Waals surface area contributed by atoms with E-state index >= 15 is 0 Å². The normalized spacial score (nSPS) is 17.0. The van der Waals surface area contributed by atoms with E-state index in [4.69, 9.17) is 5.73 Å². The van der Waals surface area contributed by atoms with Crippen molar-refractivity contribution < 1.29 is 9.18 Å². The third-order valence-electron chi connectivity index (χ3n) is 5.22. The number of nitrogen functional groups attached to an aromatic ring is 1. The van der Waals surface area contributed by atoms with Crippen LogP contribution in [0.4, 0.5) is 15.9 Å². The van der Waals surface area contributed by atoms with E-state index in [1.165, 1.54) is 6.07 Å². The third-order valence-corrected chi connectivity index (χ3v) is 5.22. The summed E-state index contributed by atoms with van der Waals surface area (Å²) in [6.45, 7) is 3.47. The van der Waals surface area contributed by atoms with Crippen molar-refractivity contribution in [3.63, 3.8) is 0 Å². The van der Waals surface area contributed by atoms with Gasteiger partial charge in [0.15, 0.2) is 0 Å². The van der Waals surface area contributed by atoms with Crippen LogP contribution in [0.5, 0.6) is 0 Å². The Morgan fingerprint density at radius 1 is 1.36 bits per heavy atom.